The van der Waals surface area contributed by atoms with Gasteiger partial charge < -0.3 is 15.4 Å². The number of rotatable bonds is 5. The standard InChI is InChI=1S/C13H20N2O2S/c1-10(7-12-3-2-6-18-12)15-13(16)8-11-9-14-4-5-17-11/h2-3,6,10-11,14H,4-5,7-9H2,1H3,(H,15,16). The van der Waals surface area contributed by atoms with Crippen LogP contribution in [0.4, 0.5) is 0 Å². The molecule has 0 aliphatic carbocycles. The van der Waals surface area contributed by atoms with Crippen LogP contribution in [0.1, 0.15) is 18.2 Å². The van der Waals surface area contributed by atoms with E-state index in [1.807, 2.05) is 13.0 Å². The highest BCUT2D eigenvalue weighted by atomic mass is 32.1. The van der Waals surface area contributed by atoms with Crippen LogP contribution in [-0.4, -0.2) is 37.7 Å². The molecule has 1 aliphatic rings. The van der Waals surface area contributed by atoms with Crippen LogP contribution in [0.2, 0.25) is 0 Å². The Labute approximate surface area is 112 Å². The van der Waals surface area contributed by atoms with E-state index in [0.29, 0.717) is 13.0 Å². The molecule has 2 atom stereocenters. The number of morpholine rings is 1. The van der Waals surface area contributed by atoms with Gasteiger partial charge in [-0.05, 0) is 18.4 Å². The van der Waals surface area contributed by atoms with Crippen molar-refractivity contribution in [3.8, 4) is 0 Å². The zero-order chi connectivity index (χ0) is 12.8. The van der Waals surface area contributed by atoms with Crippen molar-refractivity contribution >= 4 is 17.2 Å². The molecule has 2 rings (SSSR count). The smallest absolute Gasteiger partial charge is 0.222 e. The van der Waals surface area contributed by atoms with Gasteiger partial charge in [0.05, 0.1) is 19.1 Å². The second kappa shape index (κ2) is 6.87. The molecule has 2 N–H and O–H groups in total. The maximum absolute atomic E-state index is 11.8. The van der Waals surface area contributed by atoms with Crippen LogP contribution in [-0.2, 0) is 16.0 Å². The molecule has 0 radical (unpaired) electrons. The van der Waals surface area contributed by atoms with Crippen LogP contribution >= 0.6 is 11.3 Å². The molecule has 5 heteroatoms. The van der Waals surface area contributed by atoms with Crippen LogP contribution in [0.15, 0.2) is 17.5 Å². The fraction of sp³-hybridized carbons (Fsp3) is 0.615. The number of carbonyl (C=O) groups excluding carboxylic acids is 1. The molecule has 0 bridgehead atoms. The van der Waals surface area contributed by atoms with Crippen LogP contribution in [0.25, 0.3) is 0 Å². The summed E-state index contributed by atoms with van der Waals surface area (Å²) in [4.78, 5) is 13.1. The third kappa shape index (κ3) is 4.40. The zero-order valence-corrected chi connectivity index (χ0v) is 11.5. The normalized spacial score (nSPS) is 21.5. The van der Waals surface area contributed by atoms with E-state index in [1.54, 1.807) is 11.3 Å². The minimum absolute atomic E-state index is 0.0210. The monoisotopic (exact) mass is 268 g/mol. The van der Waals surface area contributed by atoms with Gasteiger partial charge in [0.2, 0.25) is 5.91 Å². The van der Waals surface area contributed by atoms with Gasteiger partial charge in [-0.1, -0.05) is 6.07 Å². The van der Waals surface area contributed by atoms with Gasteiger partial charge in [0.1, 0.15) is 0 Å². The Morgan fingerprint density at radius 2 is 2.61 bits per heavy atom. The van der Waals surface area contributed by atoms with Crippen molar-refractivity contribution in [2.45, 2.75) is 31.9 Å². The second-order valence-electron chi connectivity index (χ2n) is 4.65. The lowest BCUT2D eigenvalue weighted by atomic mass is 10.1. The van der Waals surface area contributed by atoms with Crippen molar-refractivity contribution in [2.75, 3.05) is 19.7 Å². The topological polar surface area (TPSA) is 50.4 Å². The predicted molar refractivity (Wildman–Crippen MR) is 72.9 cm³/mol. The summed E-state index contributed by atoms with van der Waals surface area (Å²) in [6.45, 7) is 4.39. The number of hydrogen-bond acceptors (Lipinski definition) is 4. The van der Waals surface area contributed by atoms with E-state index < -0.39 is 0 Å². The molecule has 1 amide bonds. The van der Waals surface area contributed by atoms with E-state index in [9.17, 15) is 4.79 Å². The summed E-state index contributed by atoms with van der Waals surface area (Å²) in [5.74, 6) is 0.0766. The van der Waals surface area contributed by atoms with E-state index in [0.717, 1.165) is 19.5 Å². The number of ether oxygens (including phenoxy) is 1. The van der Waals surface area contributed by atoms with Gasteiger partial charge in [-0.15, -0.1) is 11.3 Å². The fourth-order valence-corrected chi connectivity index (χ4v) is 2.91. The lowest BCUT2D eigenvalue weighted by Gasteiger charge is -2.23. The summed E-state index contributed by atoms with van der Waals surface area (Å²) in [6.07, 6.45) is 1.36. The number of hydrogen-bond donors (Lipinski definition) is 2. The van der Waals surface area contributed by atoms with Crippen molar-refractivity contribution in [1.82, 2.24) is 10.6 Å². The highest BCUT2D eigenvalue weighted by molar-refractivity contribution is 7.09. The molecule has 0 saturated carbocycles. The van der Waals surface area contributed by atoms with Crippen LogP contribution in [0.5, 0.6) is 0 Å². The molecule has 100 valence electrons. The first kappa shape index (κ1) is 13.5. The van der Waals surface area contributed by atoms with Gasteiger partial charge in [0.15, 0.2) is 0 Å². The summed E-state index contributed by atoms with van der Waals surface area (Å²) < 4.78 is 5.51. The quantitative estimate of drug-likeness (QED) is 0.843. The maximum Gasteiger partial charge on any atom is 0.222 e. The van der Waals surface area contributed by atoms with Gasteiger partial charge in [-0.25, -0.2) is 0 Å². The highest BCUT2D eigenvalue weighted by Gasteiger charge is 2.18. The van der Waals surface area contributed by atoms with Gasteiger partial charge in [0.25, 0.3) is 0 Å². The molecule has 0 spiro atoms. The number of carbonyl (C=O) groups is 1. The largest absolute Gasteiger partial charge is 0.375 e. The predicted octanol–water partition coefficient (Wildman–Crippen LogP) is 1.17. The van der Waals surface area contributed by atoms with Crippen molar-refractivity contribution in [3.63, 3.8) is 0 Å². The molecule has 18 heavy (non-hydrogen) atoms. The summed E-state index contributed by atoms with van der Waals surface area (Å²) in [7, 11) is 0. The minimum Gasteiger partial charge on any atom is -0.375 e. The molecular formula is C13H20N2O2S. The summed E-state index contributed by atoms with van der Waals surface area (Å²) in [5.41, 5.74) is 0. The van der Waals surface area contributed by atoms with Crippen molar-refractivity contribution in [1.29, 1.82) is 0 Å². The van der Waals surface area contributed by atoms with E-state index in [4.69, 9.17) is 4.74 Å². The Morgan fingerprint density at radius 1 is 1.72 bits per heavy atom. The summed E-state index contributed by atoms with van der Waals surface area (Å²) >= 11 is 1.73. The Kier molecular flexibility index (Phi) is 5.16. The summed E-state index contributed by atoms with van der Waals surface area (Å²) in [6, 6.07) is 4.31. The molecule has 1 aliphatic heterocycles. The van der Waals surface area contributed by atoms with Crippen LogP contribution in [0, 0.1) is 0 Å². The lowest BCUT2D eigenvalue weighted by molar-refractivity contribution is -0.125. The van der Waals surface area contributed by atoms with Gasteiger partial charge in [0, 0.05) is 30.4 Å². The molecule has 2 heterocycles. The molecular weight excluding hydrogens is 248 g/mol. The van der Waals surface area contributed by atoms with Crippen molar-refractivity contribution in [3.05, 3.63) is 22.4 Å². The molecule has 0 aromatic carbocycles. The van der Waals surface area contributed by atoms with E-state index in [-0.39, 0.29) is 18.1 Å². The third-order valence-corrected chi connectivity index (χ3v) is 3.81. The van der Waals surface area contributed by atoms with E-state index in [2.05, 4.69) is 22.1 Å². The number of nitrogens with one attached hydrogen (secondary N) is 2. The minimum atomic E-state index is 0.0210. The van der Waals surface area contributed by atoms with Crippen LogP contribution < -0.4 is 10.6 Å². The van der Waals surface area contributed by atoms with Crippen molar-refractivity contribution in [2.24, 2.45) is 0 Å². The summed E-state index contributed by atoms with van der Waals surface area (Å²) in [5, 5.41) is 8.31. The van der Waals surface area contributed by atoms with Gasteiger partial charge in [-0.2, -0.15) is 0 Å². The van der Waals surface area contributed by atoms with E-state index >= 15 is 0 Å². The zero-order valence-electron chi connectivity index (χ0n) is 10.6. The SMILES string of the molecule is CC(Cc1cccs1)NC(=O)CC1CNCCO1. The highest BCUT2D eigenvalue weighted by Crippen LogP contribution is 2.11. The van der Waals surface area contributed by atoms with Gasteiger partial charge in [-0.3, -0.25) is 4.79 Å². The first-order valence-corrected chi connectivity index (χ1v) is 7.26. The number of amides is 1. The molecule has 4 nitrogen and oxygen atoms in total. The Balaban J connectivity index is 1.69. The average molecular weight is 268 g/mol. The molecule has 1 fully saturated rings. The van der Waals surface area contributed by atoms with Gasteiger partial charge >= 0.3 is 0 Å². The molecule has 2 unspecified atom stereocenters. The fourth-order valence-electron chi connectivity index (χ4n) is 2.07. The molecule has 1 saturated heterocycles. The second-order valence-corrected chi connectivity index (χ2v) is 5.69. The average Bonchev–Trinajstić information content (AvgIpc) is 2.82. The lowest BCUT2D eigenvalue weighted by Crippen LogP contribution is -2.43. The third-order valence-electron chi connectivity index (χ3n) is 2.91. The molecule has 1 aromatic heterocycles. The Hall–Kier alpha value is -0.910. The van der Waals surface area contributed by atoms with Crippen molar-refractivity contribution < 1.29 is 9.53 Å². The van der Waals surface area contributed by atoms with E-state index in [1.165, 1.54) is 4.88 Å². The Bertz CT molecular complexity index is 361. The number of thiophene rings is 1. The maximum atomic E-state index is 11.8. The Morgan fingerprint density at radius 3 is 3.28 bits per heavy atom. The molecule has 1 aromatic rings. The first-order valence-electron chi connectivity index (χ1n) is 6.38. The van der Waals surface area contributed by atoms with Crippen LogP contribution in [0.3, 0.4) is 0 Å². The first-order chi connectivity index (χ1) is 8.74.